The predicted molar refractivity (Wildman–Crippen MR) is 62.7 cm³/mol. The molecule has 84 valence electrons. The number of nitrogens with zero attached hydrogens (tertiary/aromatic N) is 2. The summed E-state index contributed by atoms with van der Waals surface area (Å²) in [4.78, 5) is 5.21. The van der Waals surface area contributed by atoms with Crippen LogP contribution in [-0.4, -0.2) is 47.6 Å². The van der Waals surface area contributed by atoms with Crippen molar-refractivity contribution in [1.82, 2.24) is 9.80 Å². The number of hydrogen-bond donors (Lipinski definition) is 0. The van der Waals surface area contributed by atoms with Gasteiger partial charge < -0.3 is 0 Å². The van der Waals surface area contributed by atoms with Crippen molar-refractivity contribution in [3.8, 4) is 0 Å². The maximum Gasteiger partial charge on any atom is 0.0195 e. The van der Waals surface area contributed by atoms with E-state index in [4.69, 9.17) is 0 Å². The maximum atomic E-state index is 2.61. The minimum atomic E-state index is 0.340. The zero-order chi connectivity index (χ0) is 10.8. The Kier molecular flexibility index (Phi) is 3.96. The van der Waals surface area contributed by atoms with Crippen LogP contribution in [0.15, 0.2) is 0 Å². The first-order valence-corrected chi connectivity index (χ1v) is 5.94. The molecule has 2 nitrogen and oxygen atoms in total. The van der Waals surface area contributed by atoms with Gasteiger partial charge in [-0.2, -0.15) is 0 Å². The van der Waals surface area contributed by atoms with Crippen LogP contribution in [0.4, 0.5) is 0 Å². The van der Waals surface area contributed by atoms with Gasteiger partial charge in [-0.25, -0.2) is 0 Å². The Morgan fingerprint density at radius 2 is 1.86 bits per heavy atom. The molecule has 0 saturated carbocycles. The summed E-state index contributed by atoms with van der Waals surface area (Å²) in [5.41, 5.74) is 0.340. The van der Waals surface area contributed by atoms with Gasteiger partial charge in [-0.05, 0) is 40.7 Å². The lowest BCUT2D eigenvalue weighted by molar-refractivity contribution is 0.0286. The summed E-state index contributed by atoms with van der Waals surface area (Å²) >= 11 is 0. The molecule has 0 bridgehead atoms. The van der Waals surface area contributed by atoms with E-state index < -0.39 is 0 Å². The molecule has 1 fully saturated rings. The molecule has 2 heteroatoms. The Labute approximate surface area is 89.3 Å². The SMILES string of the molecule is CCCN1CCN(C(C)(C)C)CC1C. The van der Waals surface area contributed by atoms with Gasteiger partial charge >= 0.3 is 0 Å². The molecular formula is C12H26N2. The molecule has 0 aromatic carbocycles. The summed E-state index contributed by atoms with van der Waals surface area (Å²) in [5, 5.41) is 0. The Morgan fingerprint density at radius 1 is 1.21 bits per heavy atom. The molecule has 0 aromatic rings. The third kappa shape index (κ3) is 2.96. The van der Waals surface area contributed by atoms with Gasteiger partial charge in [0.2, 0.25) is 0 Å². The summed E-state index contributed by atoms with van der Waals surface area (Å²) in [5.74, 6) is 0. The number of rotatable bonds is 2. The van der Waals surface area contributed by atoms with Crippen molar-refractivity contribution in [2.45, 2.75) is 52.6 Å². The highest BCUT2D eigenvalue weighted by atomic mass is 15.3. The van der Waals surface area contributed by atoms with Crippen LogP contribution >= 0.6 is 0 Å². The smallest absolute Gasteiger partial charge is 0.0195 e. The van der Waals surface area contributed by atoms with E-state index in [0.29, 0.717) is 5.54 Å². The minimum Gasteiger partial charge on any atom is -0.298 e. The average molecular weight is 198 g/mol. The fourth-order valence-corrected chi connectivity index (χ4v) is 2.22. The summed E-state index contributed by atoms with van der Waals surface area (Å²) in [6.07, 6.45) is 1.28. The molecule has 0 amide bonds. The van der Waals surface area contributed by atoms with E-state index in [2.05, 4.69) is 44.4 Å². The van der Waals surface area contributed by atoms with E-state index in [1.54, 1.807) is 0 Å². The van der Waals surface area contributed by atoms with Crippen molar-refractivity contribution in [2.75, 3.05) is 26.2 Å². The van der Waals surface area contributed by atoms with Crippen molar-refractivity contribution in [3.63, 3.8) is 0 Å². The lowest BCUT2D eigenvalue weighted by Gasteiger charge is -2.45. The summed E-state index contributed by atoms with van der Waals surface area (Å²) in [6, 6.07) is 0.725. The standard InChI is InChI=1S/C12H26N2/c1-6-7-13-8-9-14(10-11(13)2)12(3,4)5/h11H,6-10H2,1-5H3. The first kappa shape index (κ1) is 12.0. The van der Waals surface area contributed by atoms with Crippen LogP contribution in [0.25, 0.3) is 0 Å². The van der Waals surface area contributed by atoms with Crippen molar-refractivity contribution >= 4 is 0 Å². The Morgan fingerprint density at radius 3 is 2.29 bits per heavy atom. The Bertz CT molecular complexity index is 172. The highest BCUT2D eigenvalue weighted by Crippen LogP contribution is 2.19. The molecule has 0 aliphatic carbocycles. The van der Waals surface area contributed by atoms with Crippen LogP contribution in [0.2, 0.25) is 0 Å². The van der Waals surface area contributed by atoms with Crippen LogP contribution in [-0.2, 0) is 0 Å². The van der Waals surface area contributed by atoms with E-state index in [1.165, 1.54) is 32.6 Å². The molecular weight excluding hydrogens is 172 g/mol. The third-order valence-corrected chi connectivity index (χ3v) is 3.22. The van der Waals surface area contributed by atoms with Crippen LogP contribution in [0, 0.1) is 0 Å². The van der Waals surface area contributed by atoms with Crippen molar-refractivity contribution < 1.29 is 0 Å². The molecule has 1 atom stereocenters. The molecule has 1 aliphatic rings. The zero-order valence-corrected chi connectivity index (χ0v) is 10.5. The van der Waals surface area contributed by atoms with Crippen LogP contribution < -0.4 is 0 Å². The first-order chi connectivity index (χ1) is 6.45. The summed E-state index contributed by atoms with van der Waals surface area (Å²) in [6.45, 7) is 16.5. The molecule has 1 aliphatic heterocycles. The third-order valence-electron chi connectivity index (χ3n) is 3.22. The summed E-state index contributed by atoms with van der Waals surface area (Å²) < 4.78 is 0. The number of piperazine rings is 1. The van der Waals surface area contributed by atoms with Gasteiger partial charge in [-0.15, -0.1) is 0 Å². The predicted octanol–water partition coefficient (Wildman–Crippen LogP) is 2.20. The molecule has 1 unspecified atom stereocenters. The highest BCUT2D eigenvalue weighted by Gasteiger charge is 2.29. The molecule has 0 radical (unpaired) electrons. The van der Waals surface area contributed by atoms with E-state index >= 15 is 0 Å². The van der Waals surface area contributed by atoms with Gasteiger partial charge in [0.15, 0.2) is 0 Å². The number of hydrogen-bond acceptors (Lipinski definition) is 2. The van der Waals surface area contributed by atoms with Gasteiger partial charge in [-0.1, -0.05) is 6.92 Å². The minimum absolute atomic E-state index is 0.340. The fourth-order valence-electron chi connectivity index (χ4n) is 2.22. The molecule has 1 heterocycles. The average Bonchev–Trinajstić information content (AvgIpc) is 2.07. The van der Waals surface area contributed by atoms with Gasteiger partial charge in [0.1, 0.15) is 0 Å². The molecule has 0 spiro atoms. The van der Waals surface area contributed by atoms with E-state index in [-0.39, 0.29) is 0 Å². The topological polar surface area (TPSA) is 6.48 Å². The van der Waals surface area contributed by atoms with Crippen LogP contribution in [0.5, 0.6) is 0 Å². The molecule has 1 rings (SSSR count). The second-order valence-electron chi connectivity index (χ2n) is 5.50. The highest BCUT2D eigenvalue weighted by molar-refractivity contribution is 4.85. The first-order valence-electron chi connectivity index (χ1n) is 5.94. The van der Waals surface area contributed by atoms with E-state index in [1.807, 2.05) is 0 Å². The monoisotopic (exact) mass is 198 g/mol. The van der Waals surface area contributed by atoms with E-state index in [9.17, 15) is 0 Å². The maximum absolute atomic E-state index is 2.61. The quantitative estimate of drug-likeness (QED) is 0.671. The van der Waals surface area contributed by atoms with E-state index in [0.717, 1.165) is 6.04 Å². The lowest BCUT2D eigenvalue weighted by Crippen LogP contribution is -2.57. The fraction of sp³-hybridized carbons (Fsp3) is 1.00. The van der Waals surface area contributed by atoms with Crippen LogP contribution in [0.1, 0.15) is 41.0 Å². The van der Waals surface area contributed by atoms with Crippen molar-refractivity contribution in [1.29, 1.82) is 0 Å². The second-order valence-corrected chi connectivity index (χ2v) is 5.50. The van der Waals surface area contributed by atoms with Crippen LogP contribution in [0.3, 0.4) is 0 Å². The molecule has 0 N–H and O–H groups in total. The van der Waals surface area contributed by atoms with Gasteiger partial charge in [-0.3, -0.25) is 9.80 Å². The van der Waals surface area contributed by atoms with Crippen molar-refractivity contribution in [2.24, 2.45) is 0 Å². The normalized spacial score (nSPS) is 26.8. The van der Waals surface area contributed by atoms with Gasteiger partial charge in [0.25, 0.3) is 0 Å². The van der Waals surface area contributed by atoms with Gasteiger partial charge in [0.05, 0.1) is 0 Å². The zero-order valence-electron chi connectivity index (χ0n) is 10.5. The molecule has 14 heavy (non-hydrogen) atoms. The van der Waals surface area contributed by atoms with Gasteiger partial charge in [0, 0.05) is 31.2 Å². The Hall–Kier alpha value is -0.0800. The van der Waals surface area contributed by atoms with Crippen molar-refractivity contribution in [3.05, 3.63) is 0 Å². The molecule has 0 aromatic heterocycles. The lowest BCUT2D eigenvalue weighted by atomic mass is 10.0. The Balaban J connectivity index is 2.46. The largest absolute Gasteiger partial charge is 0.298 e. The second kappa shape index (κ2) is 4.63. The molecule has 1 saturated heterocycles. The summed E-state index contributed by atoms with van der Waals surface area (Å²) in [7, 11) is 0.